The molecule has 9 heteroatoms. The molecule has 2 aromatic heterocycles. The highest BCUT2D eigenvalue weighted by Crippen LogP contribution is 2.31. The third kappa shape index (κ3) is 4.47. The van der Waals surface area contributed by atoms with Gasteiger partial charge in [0.25, 0.3) is 5.91 Å². The van der Waals surface area contributed by atoms with Crippen LogP contribution in [0.2, 0.25) is 0 Å². The van der Waals surface area contributed by atoms with Gasteiger partial charge in [0, 0.05) is 37.0 Å². The number of carbonyl (C=O) groups is 1. The molecule has 1 atom stereocenters. The lowest BCUT2D eigenvalue weighted by Crippen LogP contribution is -2.43. The summed E-state index contributed by atoms with van der Waals surface area (Å²) in [4.78, 5) is 23.8. The van der Waals surface area contributed by atoms with Gasteiger partial charge >= 0.3 is 0 Å². The fraction of sp³-hybridized carbons (Fsp3) is 0.261. The van der Waals surface area contributed by atoms with Crippen LogP contribution in [0.3, 0.4) is 0 Å². The quantitative estimate of drug-likeness (QED) is 0.562. The van der Waals surface area contributed by atoms with E-state index in [1.165, 1.54) is 19.2 Å². The Labute approximate surface area is 185 Å². The lowest BCUT2D eigenvalue weighted by molar-refractivity contribution is 0.102. The summed E-state index contributed by atoms with van der Waals surface area (Å²) < 4.78 is 18.8. The van der Waals surface area contributed by atoms with E-state index in [-0.39, 0.29) is 17.4 Å². The summed E-state index contributed by atoms with van der Waals surface area (Å²) in [5.74, 6) is -0.592. The number of amides is 1. The van der Waals surface area contributed by atoms with Crippen molar-refractivity contribution in [1.29, 1.82) is 0 Å². The van der Waals surface area contributed by atoms with Crippen molar-refractivity contribution in [3.63, 3.8) is 0 Å². The third-order valence-electron chi connectivity index (χ3n) is 5.43. The molecule has 0 saturated carbocycles. The number of piperidine rings is 1. The van der Waals surface area contributed by atoms with Crippen molar-refractivity contribution in [2.24, 2.45) is 5.73 Å². The van der Waals surface area contributed by atoms with E-state index < -0.39 is 11.7 Å². The van der Waals surface area contributed by atoms with Crippen molar-refractivity contribution in [3.05, 3.63) is 60.3 Å². The van der Waals surface area contributed by atoms with E-state index in [0.717, 1.165) is 25.1 Å². The van der Waals surface area contributed by atoms with Gasteiger partial charge in [-0.05, 0) is 43.2 Å². The third-order valence-corrected chi connectivity index (χ3v) is 5.43. The number of benzene rings is 1. The molecule has 1 aromatic carbocycles. The van der Waals surface area contributed by atoms with Crippen molar-refractivity contribution in [1.82, 2.24) is 9.97 Å². The van der Waals surface area contributed by atoms with Crippen LogP contribution in [0, 0.1) is 5.82 Å². The number of hydrogen-bond donors (Lipinski definition) is 3. The topological polar surface area (TPSA) is 119 Å². The van der Waals surface area contributed by atoms with Gasteiger partial charge < -0.3 is 26.4 Å². The first kappa shape index (κ1) is 21.5. The first-order chi connectivity index (χ1) is 15.5. The largest absolute Gasteiger partial charge is 0.496 e. The maximum Gasteiger partial charge on any atom is 0.276 e. The van der Waals surface area contributed by atoms with Crippen LogP contribution in [0.4, 0.5) is 21.5 Å². The second-order valence-corrected chi connectivity index (χ2v) is 7.67. The maximum absolute atomic E-state index is 13.6. The van der Waals surface area contributed by atoms with Crippen LogP contribution >= 0.6 is 0 Å². The summed E-state index contributed by atoms with van der Waals surface area (Å²) in [6.45, 7) is 1.55. The van der Waals surface area contributed by atoms with Gasteiger partial charge in [0.2, 0.25) is 0 Å². The van der Waals surface area contributed by atoms with Crippen molar-refractivity contribution < 1.29 is 13.9 Å². The standard InChI is InChI=1S/C23H25FN6O2/c1-32-21-11-14(24)4-5-16(21)18-7-6-17(26)22(28-18)23(31)29-19-12-27-9-8-20(19)30-10-2-3-15(25)13-30/h4-9,11-12,15H,2-3,10,13,25-26H2,1H3,(H,29,31)/t15-/m0/s1. The predicted molar refractivity (Wildman–Crippen MR) is 122 cm³/mol. The van der Waals surface area contributed by atoms with E-state index in [2.05, 4.69) is 20.2 Å². The van der Waals surface area contributed by atoms with Crippen LogP contribution in [0.5, 0.6) is 5.75 Å². The molecule has 1 aliphatic heterocycles. The molecule has 32 heavy (non-hydrogen) atoms. The second-order valence-electron chi connectivity index (χ2n) is 7.67. The van der Waals surface area contributed by atoms with E-state index in [1.807, 2.05) is 6.07 Å². The molecule has 4 rings (SSSR count). The monoisotopic (exact) mass is 436 g/mol. The molecule has 166 valence electrons. The Morgan fingerprint density at radius 1 is 1.28 bits per heavy atom. The molecule has 0 radical (unpaired) electrons. The molecule has 1 aliphatic rings. The van der Waals surface area contributed by atoms with Crippen molar-refractivity contribution in [2.45, 2.75) is 18.9 Å². The number of carbonyl (C=O) groups excluding carboxylic acids is 1. The zero-order chi connectivity index (χ0) is 22.7. The molecule has 1 saturated heterocycles. The van der Waals surface area contributed by atoms with E-state index >= 15 is 0 Å². The first-order valence-corrected chi connectivity index (χ1v) is 10.3. The van der Waals surface area contributed by atoms with Gasteiger partial charge in [-0.1, -0.05) is 0 Å². The van der Waals surface area contributed by atoms with Gasteiger partial charge in [0.05, 0.1) is 36.1 Å². The lowest BCUT2D eigenvalue weighted by atomic mass is 10.1. The van der Waals surface area contributed by atoms with Crippen molar-refractivity contribution in [3.8, 4) is 17.0 Å². The Morgan fingerprint density at radius 3 is 2.91 bits per heavy atom. The molecule has 1 fully saturated rings. The lowest BCUT2D eigenvalue weighted by Gasteiger charge is -2.33. The van der Waals surface area contributed by atoms with Crippen molar-refractivity contribution >= 4 is 23.0 Å². The van der Waals surface area contributed by atoms with Crippen LogP contribution in [0.25, 0.3) is 11.3 Å². The Bertz CT molecular complexity index is 1140. The summed E-state index contributed by atoms with van der Waals surface area (Å²) in [6.07, 6.45) is 5.23. The van der Waals surface area contributed by atoms with Crippen LogP contribution in [0.1, 0.15) is 23.3 Å². The zero-order valence-electron chi connectivity index (χ0n) is 17.7. The highest BCUT2D eigenvalue weighted by atomic mass is 19.1. The molecule has 8 nitrogen and oxygen atoms in total. The van der Waals surface area contributed by atoms with Gasteiger partial charge in [-0.2, -0.15) is 0 Å². The number of anilines is 3. The number of ether oxygens (including phenoxy) is 1. The Kier molecular flexibility index (Phi) is 6.18. The number of nitrogens with zero attached hydrogens (tertiary/aromatic N) is 3. The van der Waals surface area contributed by atoms with Crippen LogP contribution in [0.15, 0.2) is 48.8 Å². The normalized spacial score (nSPS) is 16.0. The number of aromatic nitrogens is 2. The molecule has 1 amide bonds. The minimum absolute atomic E-state index is 0.0547. The number of nitrogens with two attached hydrogens (primary N) is 2. The highest BCUT2D eigenvalue weighted by Gasteiger charge is 2.22. The van der Waals surface area contributed by atoms with Crippen LogP contribution in [-0.2, 0) is 0 Å². The SMILES string of the molecule is COc1cc(F)ccc1-c1ccc(N)c(C(=O)Nc2cnccc2N2CCC[C@H](N)C2)n1. The zero-order valence-corrected chi connectivity index (χ0v) is 17.7. The molecule has 0 spiro atoms. The fourth-order valence-corrected chi connectivity index (χ4v) is 3.85. The summed E-state index contributed by atoms with van der Waals surface area (Å²) in [6, 6.07) is 9.30. The van der Waals surface area contributed by atoms with E-state index in [9.17, 15) is 9.18 Å². The molecule has 3 aromatic rings. The maximum atomic E-state index is 13.6. The molecule has 0 bridgehead atoms. The summed E-state index contributed by atoms with van der Waals surface area (Å²) in [5, 5.41) is 2.88. The van der Waals surface area contributed by atoms with Gasteiger partial charge in [-0.25, -0.2) is 9.37 Å². The van der Waals surface area contributed by atoms with Crippen LogP contribution in [-0.4, -0.2) is 42.1 Å². The number of rotatable bonds is 5. The smallest absolute Gasteiger partial charge is 0.276 e. The fourth-order valence-electron chi connectivity index (χ4n) is 3.85. The Balaban J connectivity index is 1.64. The van der Waals surface area contributed by atoms with E-state index in [1.54, 1.807) is 30.6 Å². The van der Waals surface area contributed by atoms with E-state index in [0.29, 0.717) is 29.2 Å². The average molecular weight is 436 g/mol. The number of hydrogen-bond acceptors (Lipinski definition) is 7. The van der Waals surface area contributed by atoms with Gasteiger partial charge in [0.1, 0.15) is 11.6 Å². The number of nitrogen functional groups attached to an aromatic ring is 1. The Morgan fingerprint density at radius 2 is 2.12 bits per heavy atom. The minimum atomic E-state index is -0.471. The molecule has 0 unspecified atom stereocenters. The molecular formula is C23H25FN6O2. The van der Waals surface area contributed by atoms with Gasteiger partial charge in [-0.15, -0.1) is 0 Å². The van der Waals surface area contributed by atoms with Crippen molar-refractivity contribution in [2.75, 3.05) is 36.1 Å². The summed E-state index contributed by atoms with van der Waals surface area (Å²) >= 11 is 0. The molecule has 0 aliphatic carbocycles. The number of pyridine rings is 2. The highest BCUT2D eigenvalue weighted by molar-refractivity contribution is 6.08. The molecule has 5 N–H and O–H groups in total. The number of halogens is 1. The van der Waals surface area contributed by atoms with Gasteiger partial charge in [0.15, 0.2) is 5.69 Å². The van der Waals surface area contributed by atoms with E-state index in [4.69, 9.17) is 16.2 Å². The molecule has 3 heterocycles. The second kappa shape index (κ2) is 9.19. The molecular weight excluding hydrogens is 411 g/mol. The van der Waals surface area contributed by atoms with Crippen LogP contribution < -0.4 is 26.4 Å². The average Bonchev–Trinajstić information content (AvgIpc) is 2.79. The Hall–Kier alpha value is -3.72. The summed E-state index contributed by atoms with van der Waals surface area (Å²) in [5.41, 5.74) is 14.8. The summed E-state index contributed by atoms with van der Waals surface area (Å²) in [7, 11) is 1.44. The first-order valence-electron chi connectivity index (χ1n) is 10.3. The predicted octanol–water partition coefficient (Wildman–Crippen LogP) is 3.05. The number of methoxy groups -OCH3 is 1. The minimum Gasteiger partial charge on any atom is -0.496 e. The van der Waals surface area contributed by atoms with Gasteiger partial charge in [-0.3, -0.25) is 9.78 Å². The number of nitrogens with one attached hydrogen (secondary N) is 1.